The summed E-state index contributed by atoms with van der Waals surface area (Å²) in [5.74, 6) is 1.75. The van der Waals surface area contributed by atoms with Crippen molar-refractivity contribution in [3.8, 4) is 5.69 Å². The van der Waals surface area contributed by atoms with Crippen molar-refractivity contribution >= 4 is 11.2 Å². The molecular weight excluding hydrogens is 182 g/mol. The molecule has 0 aromatic rings. The summed E-state index contributed by atoms with van der Waals surface area (Å²) in [7, 11) is 2.16. The third-order valence-corrected chi connectivity index (χ3v) is 3.21. The Hall–Kier alpha value is -0.0800. The SMILES string of the molecule is C#SCCN(C)[C@H]1COCC[C@H]1C. The summed E-state index contributed by atoms with van der Waals surface area (Å²) in [4.78, 5) is 2.36. The van der Waals surface area contributed by atoms with E-state index in [9.17, 15) is 0 Å². The van der Waals surface area contributed by atoms with Crippen LogP contribution < -0.4 is 0 Å². The van der Waals surface area contributed by atoms with Gasteiger partial charge in [-0.25, -0.2) is 0 Å². The average molecular weight is 201 g/mol. The van der Waals surface area contributed by atoms with Gasteiger partial charge in [0.05, 0.1) is 6.61 Å². The first-order valence-electron chi connectivity index (χ1n) is 4.85. The molecule has 1 rings (SSSR count). The van der Waals surface area contributed by atoms with Gasteiger partial charge in [0.2, 0.25) is 0 Å². The fourth-order valence-electron chi connectivity index (χ4n) is 1.75. The maximum atomic E-state index is 5.47. The Morgan fingerprint density at radius 2 is 2.38 bits per heavy atom. The van der Waals surface area contributed by atoms with Crippen molar-refractivity contribution in [3.05, 3.63) is 0 Å². The van der Waals surface area contributed by atoms with E-state index in [1.165, 1.54) is 17.6 Å². The van der Waals surface area contributed by atoms with E-state index in [1.54, 1.807) is 0 Å². The molecule has 2 atom stereocenters. The van der Waals surface area contributed by atoms with Crippen molar-refractivity contribution in [1.82, 2.24) is 4.90 Å². The monoisotopic (exact) mass is 201 g/mol. The van der Waals surface area contributed by atoms with Crippen LogP contribution in [0.15, 0.2) is 0 Å². The molecular formula is C10H19NOS. The van der Waals surface area contributed by atoms with E-state index in [0.717, 1.165) is 31.4 Å². The minimum absolute atomic E-state index is 0.584. The summed E-state index contributed by atoms with van der Waals surface area (Å²) >= 11 is 1.41. The highest BCUT2D eigenvalue weighted by Gasteiger charge is 2.24. The van der Waals surface area contributed by atoms with E-state index in [-0.39, 0.29) is 0 Å². The second-order valence-corrected chi connectivity index (χ2v) is 4.50. The minimum Gasteiger partial charge on any atom is -0.380 e. The third-order valence-electron chi connectivity index (χ3n) is 2.79. The lowest BCUT2D eigenvalue weighted by Gasteiger charge is -2.35. The normalized spacial score (nSPS) is 29.1. The van der Waals surface area contributed by atoms with Crippen LogP contribution in [0.1, 0.15) is 13.3 Å². The maximum Gasteiger partial charge on any atom is 0.0624 e. The zero-order chi connectivity index (χ0) is 9.68. The fourth-order valence-corrected chi connectivity index (χ4v) is 2.15. The molecule has 0 amide bonds. The highest BCUT2D eigenvalue weighted by molar-refractivity contribution is 7.88. The first-order valence-corrected chi connectivity index (χ1v) is 5.90. The molecule has 1 fully saturated rings. The quantitative estimate of drug-likeness (QED) is 0.688. The van der Waals surface area contributed by atoms with Gasteiger partial charge in [0, 0.05) is 24.9 Å². The van der Waals surface area contributed by atoms with Gasteiger partial charge in [0.15, 0.2) is 0 Å². The molecule has 76 valence electrons. The number of hydrogen-bond acceptors (Lipinski definition) is 2. The van der Waals surface area contributed by atoms with E-state index in [2.05, 4.69) is 18.9 Å². The molecule has 0 radical (unpaired) electrons. The van der Waals surface area contributed by atoms with Crippen LogP contribution in [0.5, 0.6) is 0 Å². The highest BCUT2D eigenvalue weighted by Crippen LogP contribution is 2.18. The van der Waals surface area contributed by atoms with Crippen molar-refractivity contribution in [2.45, 2.75) is 19.4 Å². The van der Waals surface area contributed by atoms with Crippen molar-refractivity contribution in [2.24, 2.45) is 5.92 Å². The molecule has 0 saturated carbocycles. The minimum atomic E-state index is 0.584. The van der Waals surface area contributed by atoms with Crippen LogP contribution in [0.4, 0.5) is 0 Å². The van der Waals surface area contributed by atoms with Crippen LogP contribution in [0, 0.1) is 11.6 Å². The van der Waals surface area contributed by atoms with Crippen LogP contribution >= 0.6 is 11.2 Å². The Morgan fingerprint density at radius 3 is 3.00 bits per heavy atom. The van der Waals surface area contributed by atoms with Gasteiger partial charge in [-0.1, -0.05) is 6.92 Å². The third kappa shape index (κ3) is 3.28. The molecule has 0 N–H and O–H groups in total. The number of likely N-dealkylation sites (N-methyl/N-ethyl adjacent to an activating group) is 1. The van der Waals surface area contributed by atoms with Gasteiger partial charge in [-0.3, -0.25) is 4.90 Å². The van der Waals surface area contributed by atoms with Gasteiger partial charge >= 0.3 is 0 Å². The number of ether oxygens (including phenoxy) is 1. The Kier molecular flexibility index (Phi) is 4.74. The van der Waals surface area contributed by atoms with Gasteiger partial charge in [-0.05, 0) is 19.4 Å². The molecule has 1 heterocycles. The summed E-state index contributed by atoms with van der Waals surface area (Å²) in [5, 5.41) is 0. The predicted octanol–water partition coefficient (Wildman–Crippen LogP) is 1.67. The largest absolute Gasteiger partial charge is 0.380 e. The summed E-state index contributed by atoms with van der Waals surface area (Å²) in [6.45, 7) is 5.17. The molecule has 1 saturated heterocycles. The molecule has 1 aliphatic rings. The summed E-state index contributed by atoms with van der Waals surface area (Å²) in [6.07, 6.45) is 1.19. The van der Waals surface area contributed by atoms with E-state index < -0.39 is 0 Å². The second-order valence-electron chi connectivity index (χ2n) is 3.76. The molecule has 0 aromatic carbocycles. The molecule has 0 aliphatic carbocycles. The Balaban J connectivity index is 2.35. The van der Waals surface area contributed by atoms with Crippen molar-refractivity contribution in [1.29, 1.82) is 0 Å². The van der Waals surface area contributed by atoms with Gasteiger partial charge in [-0.2, -0.15) is 0 Å². The molecule has 0 aromatic heterocycles. The number of hydrogen-bond donors (Lipinski definition) is 0. The van der Waals surface area contributed by atoms with Crippen molar-refractivity contribution in [3.63, 3.8) is 0 Å². The standard InChI is InChI=1S/C10H19NOS/c1-9-4-6-12-8-10(9)11(2)5-7-13-3/h3,9-10H,4-8H2,1-2H3/t9-,10+/m1/s1. The average Bonchev–Trinajstić information content (AvgIpc) is 2.15. The van der Waals surface area contributed by atoms with Crippen LogP contribution in [0.2, 0.25) is 0 Å². The van der Waals surface area contributed by atoms with E-state index in [4.69, 9.17) is 10.4 Å². The fraction of sp³-hybridized carbons (Fsp3) is 0.900. The Bertz CT molecular complexity index is 190. The highest BCUT2D eigenvalue weighted by atomic mass is 32.1. The lowest BCUT2D eigenvalue weighted by Crippen LogP contribution is -2.44. The predicted molar refractivity (Wildman–Crippen MR) is 58.4 cm³/mol. The zero-order valence-electron chi connectivity index (χ0n) is 8.53. The van der Waals surface area contributed by atoms with Crippen LogP contribution in [0.25, 0.3) is 0 Å². The van der Waals surface area contributed by atoms with E-state index in [0.29, 0.717) is 6.04 Å². The Labute approximate surface area is 84.9 Å². The Morgan fingerprint density at radius 1 is 1.62 bits per heavy atom. The smallest absolute Gasteiger partial charge is 0.0624 e. The van der Waals surface area contributed by atoms with Crippen molar-refractivity contribution in [2.75, 3.05) is 32.6 Å². The summed E-state index contributed by atoms with van der Waals surface area (Å²) in [5.41, 5.74) is 5.40. The van der Waals surface area contributed by atoms with Crippen molar-refractivity contribution < 1.29 is 4.74 Å². The first-order chi connectivity index (χ1) is 6.25. The van der Waals surface area contributed by atoms with Gasteiger partial charge in [-0.15, -0.1) is 16.9 Å². The van der Waals surface area contributed by atoms with E-state index >= 15 is 0 Å². The molecule has 13 heavy (non-hydrogen) atoms. The van der Waals surface area contributed by atoms with E-state index in [1.807, 2.05) is 0 Å². The van der Waals surface area contributed by atoms with Crippen LogP contribution in [-0.4, -0.2) is 43.5 Å². The molecule has 0 bridgehead atoms. The molecule has 0 spiro atoms. The molecule has 2 nitrogen and oxygen atoms in total. The lowest BCUT2D eigenvalue weighted by atomic mass is 9.96. The second kappa shape index (κ2) is 5.61. The summed E-state index contributed by atoms with van der Waals surface area (Å²) in [6, 6.07) is 0.584. The zero-order valence-corrected chi connectivity index (χ0v) is 9.35. The van der Waals surface area contributed by atoms with Gasteiger partial charge in [0.25, 0.3) is 0 Å². The first kappa shape index (κ1) is 11.0. The summed E-state index contributed by atoms with van der Waals surface area (Å²) < 4.78 is 5.47. The molecule has 0 unspecified atom stereocenters. The lowest BCUT2D eigenvalue weighted by molar-refractivity contribution is -0.00124. The molecule has 1 aliphatic heterocycles. The van der Waals surface area contributed by atoms with Gasteiger partial charge < -0.3 is 4.74 Å². The molecule has 3 heteroatoms. The number of rotatable bonds is 3. The topological polar surface area (TPSA) is 12.5 Å². The van der Waals surface area contributed by atoms with Crippen LogP contribution in [0.3, 0.4) is 0 Å². The van der Waals surface area contributed by atoms with Crippen LogP contribution in [-0.2, 0) is 4.74 Å². The maximum absolute atomic E-state index is 5.47. The number of nitrogens with zero attached hydrogens (tertiary/aromatic N) is 1. The van der Waals surface area contributed by atoms with Gasteiger partial charge in [0.1, 0.15) is 0 Å².